The van der Waals surface area contributed by atoms with Gasteiger partial charge in [-0.25, -0.2) is 9.50 Å². The molecule has 1 saturated heterocycles. The number of rotatable bonds is 7. The second-order valence-electron chi connectivity index (χ2n) is 9.48. The summed E-state index contributed by atoms with van der Waals surface area (Å²) >= 11 is 0. The minimum atomic E-state index is -2.95. The molecule has 0 radical (unpaired) electrons. The molecule has 5 rings (SSSR count). The fourth-order valence-electron chi connectivity index (χ4n) is 5.11. The third-order valence-corrected chi connectivity index (χ3v) is 7.05. The molecular formula is C26H30F2N6O2. The van der Waals surface area contributed by atoms with Crippen LogP contribution in [0.5, 0.6) is 5.75 Å². The number of nitrogens with one attached hydrogen (secondary N) is 1. The van der Waals surface area contributed by atoms with E-state index in [-0.39, 0.29) is 17.3 Å². The summed E-state index contributed by atoms with van der Waals surface area (Å²) in [7, 11) is 3.58. The van der Waals surface area contributed by atoms with Gasteiger partial charge in [0.2, 0.25) is 5.91 Å². The van der Waals surface area contributed by atoms with Crippen molar-refractivity contribution in [2.45, 2.75) is 38.7 Å². The van der Waals surface area contributed by atoms with Crippen molar-refractivity contribution in [1.29, 1.82) is 0 Å². The SMILES string of the molecule is CCc1c(-c2cc(OC(F)F)c3ncnn3c2)[nH]c2ccc(C3CCN(CC(=O)N(C)C)CC3)cc12. The number of carbonyl (C=O) groups is 1. The number of alkyl halides is 2. The molecule has 0 unspecified atom stereocenters. The van der Waals surface area contributed by atoms with Crippen molar-refractivity contribution in [3.8, 4) is 17.0 Å². The molecule has 1 N–H and O–H groups in total. The Hall–Kier alpha value is -3.53. The number of piperidine rings is 1. The van der Waals surface area contributed by atoms with Crippen LogP contribution in [0.4, 0.5) is 8.78 Å². The monoisotopic (exact) mass is 496 g/mol. The molecule has 0 saturated carbocycles. The van der Waals surface area contributed by atoms with Gasteiger partial charge in [0.1, 0.15) is 6.33 Å². The Morgan fingerprint density at radius 1 is 1.25 bits per heavy atom. The van der Waals surface area contributed by atoms with E-state index in [1.807, 2.05) is 0 Å². The lowest BCUT2D eigenvalue weighted by Gasteiger charge is -2.32. The van der Waals surface area contributed by atoms with Gasteiger partial charge in [-0.05, 0) is 67.6 Å². The Morgan fingerprint density at radius 2 is 2.03 bits per heavy atom. The van der Waals surface area contributed by atoms with Gasteiger partial charge in [0.05, 0.1) is 12.2 Å². The van der Waals surface area contributed by atoms with Crippen LogP contribution in [0, 0.1) is 0 Å². The van der Waals surface area contributed by atoms with Crippen LogP contribution in [0.1, 0.15) is 36.8 Å². The molecule has 3 aromatic heterocycles. The molecule has 0 spiro atoms. The molecule has 4 heterocycles. The molecule has 1 amide bonds. The van der Waals surface area contributed by atoms with E-state index >= 15 is 0 Å². The summed E-state index contributed by atoms with van der Waals surface area (Å²) in [4.78, 5) is 23.4. The summed E-state index contributed by atoms with van der Waals surface area (Å²) in [6.07, 6.45) is 5.86. The molecule has 10 heteroatoms. The van der Waals surface area contributed by atoms with E-state index < -0.39 is 6.61 Å². The Labute approximate surface area is 207 Å². The molecule has 1 aliphatic rings. The van der Waals surface area contributed by atoms with E-state index in [0.29, 0.717) is 18.0 Å². The van der Waals surface area contributed by atoms with Crippen LogP contribution < -0.4 is 4.74 Å². The predicted octanol–water partition coefficient (Wildman–Crippen LogP) is 4.31. The topological polar surface area (TPSA) is 78.8 Å². The number of H-pyrrole nitrogens is 1. The van der Waals surface area contributed by atoms with Crippen molar-refractivity contribution >= 4 is 22.5 Å². The first-order valence-corrected chi connectivity index (χ1v) is 12.2. The Balaban J connectivity index is 1.44. The van der Waals surface area contributed by atoms with Crippen molar-refractivity contribution in [1.82, 2.24) is 29.4 Å². The van der Waals surface area contributed by atoms with Crippen molar-refractivity contribution in [3.63, 3.8) is 0 Å². The van der Waals surface area contributed by atoms with E-state index in [9.17, 15) is 13.6 Å². The Kier molecular flexibility index (Phi) is 6.61. The molecule has 0 bridgehead atoms. The fraction of sp³-hybridized carbons (Fsp3) is 0.423. The second kappa shape index (κ2) is 9.85. The number of hydrogen-bond acceptors (Lipinski definition) is 5. The van der Waals surface area contributed by atoms with Crippen molar-refractivity contribution < 1.29 is 18.3 Å². The number of pyridine rings is 1. The number of amides is 1. The molecule has 4 aromatic rings. The molecule has 1 aliphatic heterocycles. The number of carbonyl (C=O) groups excluding carboxylic acids is 1. The van der Waals surface area contributed by atoms with Crippen LogP contribution >= 0.6 is 0 Å². The summed E-state index contributed by atoms with van der Waals surface area (Å²) < 4.78 is 32.3. The number of likely N-dealkylation sites (N-methyl/N-ethyl adjacent to an activating group) is 1. The lowest BCUT2D eigenvalue weighted by molar-refractivity contribution is -0.130. The smallest absolute Gasteiger partial charge is 0.387 e. The van der Waals surface area contributed by atoms with E-state index in [1.54, 1.807) is 31.3 Å². The number of halogens is 2. The van der Waals surface area contributed by atoms with E-state index in [0.717, 1.165) is 54.5 Å². The number of ether oxygens (including phenoxy) is 1. The zero-order valence-electron chi connectivity index (χ0n) is 20.7. The van der Waals surface area contributed by atoms with Crippen molar-refractivity contribution in [2.24, 2.45) is 0 Å². The van der Waals surface area contributed by atoms with Gasteiger partial charge in [0.25, 0.3) is 0 Å². The molecule has 8 nitrogen and oxygen atoms in total. The van der Waals surface area contributed by atoms with Crippen LogP contribution in [0.25, 0.3) is 27.8 Å². The molecule has 0 aliphatic carbocycles. The highest BCUT2D eigenvalue weighted by Crippen LogP contribution is 2.36. The number of aromatic amines is 1. The van der Waals surface area contributed by atoms with Gasteiger partial charge in [-0.1, -0.05) is 13.0 Å². The van der Waals surface area contributed by atoms with Gasteiger partial charge in [0, 0.05) is 36.8 Å². The van der Waals surface area contributed by atoms with Gasteiger partial charge in [-0.15, -0.1) is 0 Å². The Morgan fingerprint density at radius 3 is 2.72 bits per heavy atom. The van der Waals surface area contributed by atoms with Gasteiger partial charge in [-0.3, -0.25) is 9.69 Å². The summed E-state index contributed by atoms with van der Waals surface area (Å²) in [6.45, 7) is 1.39. The maximum absolute atomic E-state index is 13.0. The molecule has 190 valence electrons. The average molecular weight is 497 g/mol. The zero-order valence-corrected chi connectivity index (χ0v) is 20.7. The first-order valence-electron chi connectivity index (χ1n) is 12.2. The lowest BCUT2D eigenvalue weighted by Crippen LogP contribution is -2.40. The fourth-order valence-corrected chi connectivity index (χ4v) is 5.11. The summed E-state index contributed by atoms with van der Waals surface area (Å²) in [5.74, 6) is 0.551. The molecule has 1 fully saturated rings. The highest BCUT2D eigenvalue weighted by molar-refractivity contribution is 5.91. The summed E-state index contributed by atoms with van der Waals surface area (Å²) in [5.41, 5.74) is 5.21. The third-order valence-electron chi connectivity index (χ3n) is 7.05. The number of aryl methyl sites for hydroxylation is 1. The van der Waals surface area contributed by atoms with Crippen molar-refractivity contribution in [3.05, 3.63) is 47.9 Å². The average Bonchev–Trinajstić information content (AvgIpc) is 3.48. The summed E-state index contributed by atoms with van der Waals surface area (Å²) in [5, 5.41) is 5.26. The van der Waals surface area contributed by atoms with Gasteiger partial charge < -0.3 is 14.6 Å². The first-order chi connectivity index (χ1) is 17.3. The maximum Gasteiger partial charge on any atom is 0.387 e. The minimum absolute atomic E-state index is 0.0130. The second-order valence-corrected chi connectivity index (χ2v) is 9.48. The van der Waals surface area contributed by atoms with Crippen LogP contribution in [-0.4, -0.2) is 75.6 Å². The first kappa shape index (κ1) is 24.2. The minimum Gasteiger partial charge on any atom is -0.431 e. The molecular weight excluding hydrogens is 466 g/mol. The van der Waals surface area contributed by atoms with Crippen LogP contribution in [-0.2, 0) is 11.2 Å². The summed E-state index contributed by atoms with van der Waals surface area (Å²) in [6, 6.07) is 8.11. The Bertz CT molecular complexity index is 1390. The number of likely N-dealkylation sites (tertiary alicyclic amines) is 1. The van der Waals surface area contributed by atoms with E-state index in [4.69, 9.17) is 4.74 Å². The number of aromatic nitrogens is 4. The highest BCUT2D eigenvalue weighted by atomic mass is 19.3. The predicted molar refractivity (Wildman–Crippen MR) is 133 cm³/mol. The number of nitrogens with zero attached hydrogens (tertiary/aromatic N) is 5. The number of hydrogen-bond donors (Lipinski definition) is 1. The van der Waals surface area contributed by atoms with Gasteiger partial charge in [0.15, 0.2) is 11.4 Å². The van der Waals surface area contributed by atoms with Gasteiger partial charge in [-0.2, -0.15) is 13.9 Å². The maximum atomic E-state index is 13.0. The van der Waals surface area contributed by atoms with E-state index in [1.165, 1.54) is 16.4 Å². The standard InChI is InChI=1S/C26H30F2N6O2/c1-4-19-20-11-17(16-7-9-33(10-8-16)14-23(35)32(2)3)5-6-21(20)31-24(19)18-12-22(36-26(27)28)25-29-15-30-34(25)13-18/h5-6,11-13,15-16,26,31H,4,7-10,14H2,1-3H3. The quantitative estimate of drug-likeness (QED) is 0.413. The highest BCUT2D eigenvalue weighted by Gasteiger charge is 2.24. The van der Waals surface area contributed by atoms with Crippen LogP contribution in [0.15, 0.2) is 36.8 Å². The van der Waals surface area contributed by atoms with E-state index in [2.05, 4.69) is 45.1 Å². The zero-order chi connectivity index (χ0) is 25.4. The van der Waals surface area contributed by atoms with Crippen LogP contribution in [0.2, 0.25) is 0 Å². The molecule has 0 atom stereocenters. The molecule has 1 aromatic carbocycles. The van der Waals surface area contributed by atoms with Gasteiger partial charge >= 0.3 is 6.61 Å². The third kappa shape index (κ3) is 4.65. The normalized spacial score (nSPS) is 15.3. The largest absolute Gasteiger partial charge is 0.431 e. The molecule has 36 heavy (non-hydrogen) atoms. The van der Waals surface area contributed by atoms with Crippen LogP contribution in [0.3, 0.4) is 0 Å². The number of benzene rings is 1. The van der Waals surface area contributed by atoms with Crippen molar-refractivity contribution in [2.75, 3.05) is 33.7 Å². The number of fused-ring (bicyclic) bond motifs is 2. The lowest BCUT2D eigenvalue weighted by atomic mass is 9.88.